The van der Waals surface area contributed by atoms with Crippen molar-refractivity contribution in [1.29, 1.82) is 0 Å². The van der Waals surface area contributed by atoms with Crippen molar-refractivity contribution in [2.75, 3.05) is 33.2 Å². The largest absolute Gasteiger partial charge is 0.311 e. The van der Waals surface area contributed by atoms with Gasteiger partial charge in [0.05, 0.1) is 0 Å². The van der Waals surface area contributed by atoms with E-state index >= 15 is 0 Å². The number of piperazine rings is 1. The van der Waals surface area contributed by atoms with E-state index in [9.17, 15) is 0 Å². The van der Waals surface area contributed by atoms with Crippen molar-refractivity contribution < 1.29 is 0 Å². The molecule has 3 nitrogen and oxygen atoms in total. The van der Waals surface area contributed by atoms with Crippen LogP contribution in [0.5, 0.6) is 0 Å². The smallest absolute Gasteiger partial charge is 0.0218 e. The summed E-state index contributed by atoms with van der Waals surface area (Å²) in [5.74, 6) is 0. The minimum absolute atomic E-state index is 0.673. The average molecular weight is 284 g/mol. The zero-order valence-corrected chi connectivity index (χ0v) is 14.5. The van der Waals surface area contributed by atoms with Gasteiger partial charge in [-0.15, -0.1) is 0 Å². The topological polar surface area (TPSA) is 18.5 Å². The van der Waals surface area contributed by atoms with Gasteiger partial charge in [0.2, 0.25) is 0 Å². The molecule has 1 heterocycles. The first-order valence-corrected chi connectivity index (χ1v) is 8.76. The average Bonchev–Trinajstić information content (AvgIpc) is 2.43. The number of hydrogen-bond donors (Lipinski definition) is 1. The minimum Gasteiger partial charge on any atom is -0.311 e. The molecule has 1 aliphatic heterocycles. The maximum Gasteiger partial charge on any atom is 0.0218 e. The van der Waals surface area contributed by atoms with Gasteiger partial charge in [-0.05, 0) is 59.7 Å². The molecule has 0 aliphatic carbocycles. The summed E-state index contributed by atoms with van der Waals surface area (Å²) in [4.78, 5) is 5.20. The van der Waals surface area contributed by atoms with E-state index in [1.807, 2.05) is 0 Å². The van der Waals surface area contributed by atoms with Gasteiger partial charge in [0, 0.05) is 31.2 Å². The number of nitrogens with zero attached hydrogens (tertiary/aromatic N) is 2. The fourth-order valence-corrected chi connectivity index (χ4v) is 3.08. The van der Waals surface area contributed by atoms with Crippen molar-refractivity contribution >= 4 is 0 Å². The maximum absolute atomic E-state index is 3.72. The Bertz CT molecular complexity index is 242. The lowest BCUT2D eigenvalue weighted by Crippen LogP contribution is -2.56. The van der Waals surface area contributed by atoms with Crippen molar-refractivity contribution in [2.24, 2.45) is 0 Å². The molecular weight excluding hydrogens is 246 g/mol. The molecule has 1 saturated heterocycles. The predicted molar refractivity (Wildman–Crippen MR) is 89.4 cm³/mol. The number of hydrogen-bond acceptors (Lipinski definition) is 3. The molecule has 20 heavy (non-hydrogen) atoms. The first-order chi connectivity index (χ1) is 9.58. The molecular formula is C17H37N3. The van der Waals surface area contributed by atoms with E-state index in [0.29, 0.717) is 6.04 Å². The van der Waals surface area contributed by atoms with Crippen LogP contribution < -0.4 is 5.32 Å². The van der Waals surface area contributed by atoms with E-state index in [4.69, 9.17) is 0 Å². The SMILES string of the molecule is CCCC1CN(CCCCN(C)C(C)C)C(CC)CN1. The van der Waals surface area contributed by atoms with E-state index in [1.54, 1.807) is 0 Å². The van der Waals surface area contributed by atoms with Gasteiger partial charge in [0.1, 0.15) is 0 Å². The summed E-state index contributed by atoms with van der Waals surface area (Å²) in [6, 6.07) is 2.15. The second-order valence-electron chi connectivity index (χ2n) is 6.73. The van der Waals surface area contributed by atoms with Crippen LogP contribution in [-0.4, -0.2) is 61.2 Å². The molecule has 0 spiro atoms. The predicted octanol–water partition coefficient (Wildman–Crippen LogP) is 2.96. The van der Waals surface area contributed by atoms with E-state index in [0.717, 1.165) is 12.1 Å². The first kappa shape index (κ1) is 17.9. The second kappa shape index (κ2) is 9.75. The molecule has 2 atom stereocenters. The number of unbranched alkanes of at least 4 members (excludes halogenated alkanes) is 1. The third kappa shape index (κ3) is 6.11. The molecule has 0 saturated carbocycles. The molecule has 0 bridgehead atoms. The van der Waals surface area contributed by atoms with E-state index in [2.05, 4.69) is 49.9 Å². The van der Waals surface area contributed by atoms with Gasteiger partial charge in [0.15, 0.2) is 0 Å². The van der Waals surface area contributed by atoms with Crippen molar-refractivity contribution in [1.82, 2.24) is 15.1 Å². The zero-order valence-electron chi connectivity index (χ0n) is 14.5. The summed E-state index contributed by atoms with van der Waals surface area (Å²) >= 11 is 0. The van der Waals surface area contributed by atoms with E-state index < -0.39 is 0 Å². The molecule has 1 aliphatic rings. The van der Waals surface area contributed by atoms with Crippen LogP contribution in [0.2, 0.25) is 0 Å². The highest BCUT2D eigenvalue weighted by Crippen LogP contribution is 2.14. The number of nitrogens with one attached hydrogen (secondary N) is 1. The minimum atomic E-state index is 0.673. The molecule has 120 valence electrons. The Hall–Kier alpha value is -0.120. The Kier molecular flexibility index (Phi) is 8.74. The Labute approximate surface area is 127 Å². The third-order valence-corrected chi connectivity index (χ3v) is 4.81. The monoisotopic (exact) mass is 283 g/mol. The highest BCUT2D eigenvalue weighted by Gasteiger charge is 2.25. The molecule has 0 amide bonds. The van der Waals surface area contributed by atoms with Crippen LogP contribution >= 0.6 is 0 Å². The fraction of sp³-hybridized carbons (Fsp3) is 1.00. The molecule has 1 N–H and O–H groups in total. The lowest BCUT2D eigenvalue weighted by atomic mass is 10.0. The van der Waals surface area contributed by atoms with Crippen molar-refractivity contribution in [3.63, 3.8) is 0 Å². The van der Waals surface area contributed by atoms with Crippen LogP contribution in [0, 0.1) is 0 Å². The van der Waals surface area contributed by atoms with Gasteiger partial charge in [-0.3, -0.25) is 4.90 Å². The molecule has 3 heteroatoms. The fourth-order valence-electron chi connectivity index (χ4n) is 3.08. The Morgan fingerprint density at radius 3 is 2.60 bits per heavy atom. The normalized spacial score (nSPS) is 24.8. The standard InChI is InChI=1S/C17H37N3/c1-6-10-16-14-20(17(7-2)13-18-16)12-9-8-11-19(5)15(3)4/h15-18H,6-14H2,1-5H3. The van der Waals surface area contributed by atoms with Crippen LogP contribution in [-0.2, 0) is 0 Å². The summed E-state index contributed by atoms with van der Waals surface area (Å²) in [6.07, 6.45) is 6.56. The molecule has 0 aromatic carbocycles. The lowest BCUT2D eigenvalue weighted by molar-refractivity contribution is 0.119. The summed E-state index contributed by atoms with van der Waals surface area (Å²) in [5.41, 5.74) is 0. The zero-order chi connectivity index (χ0) is 15.0. The molecule has 2 unspecified atom stereocenters. The molecule has 0 aromatic rings. The maximum atomic E-state index is 3.72. The summed E-state index contributed by atoms with van der Waals surface area (Å²) in [7, 11) is 2.24. The van der Waals surface area contributed by atoms with Crippen LogP contribution in [0.25, 0.3) is 0 Å². The molecule has 1 fully saturated rings. The van der Waals surface area contributed by atoms with Crippen molar-refractivity contribution in [3.05, 3.63) is 0 Å². The Morgan fingerprint density at radius 1 is 1.25 bits per heavy atom. The van der Waals surface area contributed by atoms with Gasteiger partial charge < -0.3 is 10.2 Å². The van der Waals surface area contributed by atoms with Gasteiger partial charge in [0.25, 0.3) is 0 Å². The third-order valence-electron chi connectivity index (χ3n) is 4.81. The lowest BCUT2D eigenvalue weighted by Gasteiger charge is -2.40. The summed E-state index contributed by atoms with van der Waals surface area (Å²) in [5, 5.41) is 3.72. The van der Waals surface area contributed by atoms with Gasteiger partial charge in [-0.25, -0.2) is 0 Å². The highest BCUT2D eigenvalue weighted by atomic mass is 15.2. The van der Waals surface area contributed by atoms with Crippen molar-refractivity contribution in [2.45, 2.75) is 77.9 Å². The van der Waals surface area contributed by atoms with Crippen LogP contribution in [0.4, 0.5) is 0 Å². The van der Waals surface area contributed by atoms with Crippen LogP contribution in [0.3, 0.4) is 0 Å². The van der Waals surface area contributed by atoms with Crippen LogP contribution in [0.15, 0.2) is 0 Å². The summed E-state index contributed by atoms with van der Waals surface area (Å²) in [6.45, 7) is 14.1. The van der Waals surface area contributed by atoms with E-state index in [-0.39, 0.29) is 0 Å². The van der Waals surface area contributed by atoms with Crippen LogP contribution in [0.1, 0.15) is 59.8 Å². The van der Waals surface area contributed by atoms with E-state index in [1.165, 1.54) is 58.3 Å². The summed E-state index contributed by atoms with van der Waals surface area (Å²) < 4.78 is 0. The number of rotatable bonds is 9. The quantitative estimate of drug-likeness (QED) is 0.656. The molecule has 0 radical (unpaired) electrons. The van der Waals surface area contributed by atoms with Gasteiger partial charge in [-0.2, -0.15) is 0 Å². The van der Waals surface area contributed by atoms with Gasteiger partial charge in [-0.1, -0.05) is 20.3 Å². The highest BCUT2D eigenvalue weighted by molar-refractivity contribution is 4.85. The molecule has 1 rings (SSSR count). The van der Waals surface area contributed by atoms with Crippen molar-refractivity contribution in [3.8, 4) is 0 Å². The second-order valence-corrected chi connectivity index (χ2v) is 6.73. The Morgan fingerprint density at radius 2 is 2.00 bits per heavy atom. The first-order valence-electron chi connectivity index (χ1n) is 8.76. The Balaban J connectivity index is 2.27. The molecule has 0 aromatic heterocycles. The van der Waals surface area contributed by atoms with Gasteiger partial charge >= 0.3 is 0 Å².